The number of likely N-dealkylation sites (tertiary alicyclic amines) is 1. The summed E-state index contributed by atoms with van der Waals surface area (Å²) in [4.78, 5) is 11.2. The SMILES string of the molecule is CN=C(NCCCSc1nccs1)NC1CCN(Cc2ccc(Cl)cc2)CC1. The molecule has 2 heterocycles. The molecule has 1 saturated heterocycles. The van der Waals surface area contributed by atoms with Gasteiger partial charge in [0, 0.05) is 61.6 Å². The number of hydrogen-bond donors (Lipinski definition) is 2. The zero-order valence-corrected chi connectivity index (χ0v) is 18.6. The number of halogens is 1. The normalized spacial score (nSPS) is 16.3. The van der Waals surface area contributed by atoms with E-state index >= 15 is 0 Å². The number of aromatic nitrogens is 1. The molecule has 2 aromatic rings. The number of piperidine rings is 1. The third kappa shape index (κ3) is 7.28. The fourth-order valence-electron chi connectivity index (χ4n) is 3.19. The summed E-state index contributed by atoms with van der Waals surface area (Å²) < 4.78 is 1.15. The summed E-state index contributed by atoms with van der Waals surface area (Å²) in [5.74, 6) is 1.98. The van der Waals surface area contributed by atoms with E-state index in [1.165, 1.54) is 5.56 Å². The van der Waals surface area contributed by atoms with Gasteiger partial charge in [-0.1, -0.05) is 35.5 Å². The Kier molecular flexibility index (Phi) is 8.92. The Morgan fingerprint density at radius 3 is 2.79 bits per heavy atom. The van der Waals surface area contributed by atoms with E-state index < -0.39 is 0 Å². The predicted molar refractivity (Wildman–Crippen MR) is 122 cm³/mol. The molecule has 1 aromatic heterocycles. The summed E-state index contributed by atoms with van der Waals surface area (Å²) in [6.45, 7) is 4.12. The first-order valence-corrected chi connectivity index (χ1v) is 11.9. The number of nitrogens with one attached hydrogen (secondary N) is 2. The molecule has 0 saturated carbocycles. The summed E-state index contributed by atoms with van der Waals surface area (Å²) in [7, 11) is 1.84. The lowest BCUT2D eigenvalue weighted by Gasteiger charge is -2.33. The van der Waals surface area contributed by atoms with E-state index in [1.807, 2.05) is 42.5 Å². The van der Waals surface area contributed by atoms with Crippen LogP contribution in [0.5, 0.6) is 0 Å². The van der Waals surface area contributed by atoms with Crippen LogP contribution < -0.4 is 10.6 Å². The van der Waals surface area contributed by atoms with Gasteiger partial charge in [0.15, 0.2) is 5.96 Å². The zero-order chi connectivity index (χ0) is 19.6. The first kappa shape index (κ1) is 21.4. The van der Waals surface area contributed by atoms with Crippen LogP contribution >= 0.6 is 34.7 Å². The second-order valence-corrected chi connectivity index (χ2v) is 9.49. The molecule has 1 fully saturated rings. The minimum atomic E-state index is 0.484. The van der Waals surface area contributed by atoms with Gasteiger partial charge in [0.1, 0.15) is 4.34 Å². The molecule has 2 N–H and O–H groups in total. The van der Waals surface area contributed by atoms with Gasteiger partial charge in [-0.3, -0.25) is 9.89 Å². The maximum Gasteiger partial charge on any atom is 0.191 e. The predicted octanol–water partition coefficient (Wildman–Crippen LogP) is 4.11. The molecule has 0 amide bonds. The van der Waals surface area contributed by atoms with Gasteiger partial charge in [-0.25, -0.2) is 4.98 Å². The summed E-state index contributed by atoms with van der Waals surface area (Å²) in [5, 5.41) is 9.83. The van der Waals surface area contributed by atoms with Crippen LogP contribution in [0.1, 0.15) is 24.8 Å². The lowest BCUT2D eigenvalue weighted by Crippen LogP contribution is -2.48. The van der Waals surface area contributed by atoms with Gasteiger partial charge < -0.3 is 10.6 Å². The van der Waals surface area contributed by atoms with Crippen molar-refractivity contribution < 1.29 is 0 Å². The van der Waals surface area contributed by atoms with Crippen molar-refractivity contribution in [2.45, 2.75) is 36.2 Å². The van der Waals surface area contributed by atoms with Crippen LogP contribution in [0.4, 0.5) is 0 Å². The van der Waals surface area contributed by atoms with Crippen LogP contribution in [0.25, 0.3) is 0 Å². The molecule has 0 bridgehead atoms. The van der Waals surface area contributed by atoms with Crippen LogP contribution in [0.15, 0.2) is 45.2 Å². The van der Waals surface area contributed by atoms with Crippen LogP contribution in [-0.2, 0) is 6.54 Å². The maximum atomic E-state index is 5.97. The highest BCUT2D eigenvalue weighted by Crippen LogP contribution is 2.20. The van der Waals surface area contributed by atoms with Gasteiger partial charge in [0.2, 0.25) is 0 Å². The van der Waals surface area contributed by atoms with Gasteiger partial charge >= 0.3 is 0 Å². The van der Waals surface area contributed by atoms with Crippen LogP contribution in [0, 0.1) is 0 Å². The summed E-state index contributed by atoms with van der Waals surface area (Å²) in [6, 6.07) is 8.65. The van der Waals surface area contributed by atoms with Gasteiger partial charge in [0.25, 0.3) is 0 Å². The van der Waals surface area contributed by atoms with Crippen molar-refractivity contribution in [1.82, 2.24) is 20.5 Å². The first-order valence-electron chi connectivity index (χ1n) is 9.69. The summed E-state index contributed by atoms with van der Waals surface area (Å²) in [6.07, 6.45) is 5.21. The Hall–Kier alpha value is -1.28. The highest BCUT2D eigenvalue weighted by Gasteiger charge is 2.20. The van der Waals surface area contributed by atoms with Crippen molar-refractivity contribution in [3.05, 3.63) is 46.4 Å². The fraction of sp³-hybridized carbons (Fsp3) is 0.500. The second kappa shape index (κ2) is 11.7. The molecule has 0 unspecified atom stereocenters. The molecule has 152 valence electrons. The number of nitrogens with zero attached hydrogens (tertiary/aromatic N) is 3. The Balaban J connectivity index is 1.30. The van der Waals surface area contributed by atoms with Crippen molar-refractivity contribution in [3.8, 4) is 0 Å². The highest BCUT2D eigenvalue weighted by molar-refractivity contribution is 8.00. The smallest absolute Gasteiger partial charge is 0.191 e. The van der Waals surface area contributed by atoms with Crippen molar-refractivity contribution in [2.75, 3.05) is 32.4 Å². The zero-order valence-electron chi connectivity index (χ0n) is 16.2. The lowest BCUT2D eigenvalue weighted by atomic mass is 10.0. The largest absolute Gasteiger partial charge is 0.356 e. The topological polar surface area (TPSA) is 52.6 Å². The molecule has 8 heteroatoms. The van der Waals surface area contributed by atoms with E-state index in [4.69, 9.17) is 11.6 Å². The van der Waals surface area contributed by atoms with E-state index in [0.717, 1.165) is 66.5 Å². The van der Waals surface area contributed by atoms with Crippen molar-refractivity contribution in [2.24, 2.45) is 4.99 Å². The standard InChI is InChI=1S/C20H28ClN5S2/c1-22-19(23-9-2-13-27-20-24-10-14-28-20)25-18-7-11-26(12-8-18)15-16-3-5-17(21)6-4-16/h3-6,10,14,18H,2,7-9,11-13,15H2,1H3,(H2,22,23,25). The van der Waals surface area contributed by atoms with Crippen LogP contribution in [-0.4, -0.2) is 54.3 Å². The first-order chi connectivity index (χ1) is 13.7. The van der Waals surface area contributed by atoms with E-state index in [-0.39, 0.29) is 0 Å². The van der Waals surface area contributed by atoms with Gasteiger partial charge in [-0.15, -0.1) is 11.3 Å². The molecule has 0 atom stereocenters. The van der Waals surface area contributed by atoms with Crippen molar-refractivity contribution >= 4 is 40.7 Å². The number of benzene rings is 1. The van der Waals surface area contributed by atoms with Gasteiger partial charge in [-0.05, 0) is 37.0 Å². The number of thiazole rings is 1. The average Bonchev–Trinajstić information content (AvgIpc) is 3.23. The van der Waals surface area contributed by atoms with Crippen LogP contribution in [0.3, 0.4) is 0 Å². The molecule has 1 aliphatic heterocycles. The van der Waals surface area contributed by atoms with Crippen molar-refractivity contribution in [1.29, 1.82) is 0 Å². The lowest BCUT2D eigenvalue weighted by molar-refractivity contribution is 0.198. The molecule has 28 heavy (non-hydrogen) atoms. The Labute approximate surface area is 181 Å². The summed E-state index contributed by atoms with van der Waals surface area (Å²) >= 11 is 9.49. The summed E-state index contributed by atoms with van der Waals surface area (Å²) in [5.41, 5.74) is 1.32. The molecule has 5 nitrogen and oxygen atoms in total. The molecule has 1 aromatic carbocycles. The Morgan fingerprint density at radius 1 is 1.32 bits per heavy atom. The minimum absolute atomic E-state index is 0.484. The fourth-order valence-corrected chi connectivity index (χ4v) is 4.96. The molecular weight excluding hydrogens is 410 g/mol. The van der Waals surface area contributed by atoms with E-state index in [9.17, 15) is 0 Å². The molecule has 0 aliphatic carbocycles. The highest BCUT2D eigenvalue weighted by atomic mass is 35.5. The average molecular weight is 438 g/mol. The van der Waals surface area contributed by atoms with Crippen molar-refractivity contribution in [3.63, 3.8) is 0 Å². The monoisotopic (exact) mass is 437 g/mol. The molecule has 3 rings (SSSR count). The minimum Gasteiger partial charge on any atom is -0.356 e. The van der Waals surface area contributed by atoms with E-state index in [2.05, 4.69) is 37.6 Å². The van der Waals surface area contributed by atoms with E-state index in [1.54, 1.807) is 11.3 Å². The Bertz CT molecular complexity index is 713. The number of thioether (sulfide) groups is 1. The molecule has 0 spiro atoms. The number of guanidine groups is 1. The number of hydrogen-bond acceptors (Lipinski definition) is 5. The third-order valence-corrected chi connectivity index (χ3v) is 7.02. The third-order valence-electron chi connectivity index (χ3n) is 4.72. The maximum absolute atomic E-state index is 5.97. The molecule has 1 aliphatic rings. The van der Waals surface area contributed by atoms with Gasteiger partial charge in [-0.2, -0.15) is 0 Å². The van der Waals surface area contributed by atoms with Crippen LogP contribution in [0.2, 0.25) is 5.02 Å². The Morgan fingerprint density at radius 2 is 2.11 bits per heavy atom. The van der Waals surface area contributed by atoms with Gasteiger partial charge in [0.05, 0.1) is 0 Å². The number of rotatable bonds is 8. The second-order valence-electron chi connectivity index (χ2n) is 6.82. The van der Waals surface area contributed by atoms with E-state index in [0.29, 0.717) is 6.04 Å². The number of aliphatic imine (C=N–C) groups is 1. The molecular formula is C20H28ClN5S2. The quantitative estimate of drug-likeness (QED) is 0.282. The molecule has 0 radical (unpaired) electrons.